The van der Waals surface area contributed by atoms with Gasteiger partial charge in [-0.3, -0.25) is 4.79 Å². The first-order valence-electron chi connectivity index (χ1n) is 6.27. The van der Waals surface area contributed by atoms with Crippen LogP contribution < -0.4 is 11.1 Å². The standard InChI is InChI=1S/C15H18N2O2/c1-10-9-14(11(2)19-10)15(18)17-13-5-3-12(4-6-13)7-8-16/h3-6,9H,7-8,16H2,1-2H3,(H,17,18). The molecule has 0 unspecified atom stereocenters. The monoisotopic (exact) mass is 258 g/mol. The van der Waals surface area contributed by atoms with Crippen molar-refractivity contribution in [3.63, 3.8) is 0 Å². The van der Waals surface area contributed by atoms with Gasteiger partial charge >= 0.3 is 0 Å². The molecule has 1 aromatic heterocycles. The molecule has 4 nitrogen and oxygen atoms in total. The summed E-state index contributed by atoms with van der Waals surface area (Å²) >= 11 is 0. The molecule has 0 atom stereocenters. The highest BCUT2D eigenvalue weighted by Crippen LogP contribution is 2.16. The van der Waals surface area contributed by atoms with Crippen LogP contribution in [0.25, 0.3) is 0 Å². The fourth-order valence-corrected chi connectivity index (χ4v) is 1.98. The maximum Gasteiger partial charge on any atom is 0.259 e. The van der Waals surface area contributed by atoms with Gasteiger partial charge < -0.3 is 15.5 Å². The van der Waals surface area contributed by atoms with Crippen LogP contribution in [0.5, 0.6) is 0 Å². The van der Waals surface area contributed by atoms with Gasteiger partial charge in [0.05, 0.1) is 5.56 Å². The van der Waals surface area contributed by atoms with Crippen molar-refractivity contribution in [1.29, 1.82) is 0 Å². The van der Waals surface area contributed by atoms with Crippen molar-refractivity contribution in [3.8, 4) is 0 Å². The van der Waals surface area contributed by atoms with Crippen molar-refractivity contribution >= 4 is 11.6 Å². The van der Waals surface area contributed by atoms with Gasteiger partial charge in [-0.15, -0.1) is 0 Å². The number of nitrogens with two attached hydrogens (primary N) is 1. The second kappa shape index (κ2) is 5.71. The van der Waals surface area contributed by atoms with Crippen molar-refractivity contribution in [3.05, 3.63) is 53.0 Å². The highest BCUT2D eigenvalue weighted by Gasteiger charge is 2.13. The van der Waals surface area contributed by atoms with Gasteiger partial charge in [0.25, 0.3) is 5.91 Å². The van der Waals surface area contributed by atoms with E-state index in [1.54, 1.807) is 13.0 Å². The van der Waals surface area contributed by atoms with Crippen LogP contribution in [0.15, 0.2) is 34.7 Å². The Labute approximate surface area is 112 Å². The molecule has 0 saturated carbocycles. The van der Waals surface area contributed by atoms with Gasteiger partial charge in [-0.25, -0.2) is 0 Å². The maximum absolute atomic E-state index is 12.1. The summed E-state index contributed by atoms with van der Waals surface area (Å²) in [5, 5.41) is 2.85. The number of nitrogens with one attached hydrogen (secondary N) is 1. The SMILES string of the molecule is Cc1cc(C(=O)Nc2ccc(CCN)cc2)c(C)o1. The van der Waals surface area contributed by atoms with Gasteiger partial charge in [-0.05, 0) is 50.6 Å². The third-order valence-corrected chi connectivity index (χ3v) is 2.93. The highest BCUT2D eigenvalue weighted by atomic mass is 16.3. The fourth-order valence-electron chi connectivity index (χ4n) is 1.98. The van der Waals surface area contributed by atoms with Gasteiger partial charge in [-0.1, -0.05) is 12.1 Å². The van der Waals surface area contributed by atoms with Gasteiger partial charge in [0, 0.05) is 5.69 Å². The topological polar surface area (TPSA) is 68.3 Å². The molecule has 1 heterocycles. The number of carbonyl (C=O) groups excluding carboxylic acids is 1. The first-order chi connectivity index (χ1) is 9.10. The number of furan rings is 1. The third-order valence-electron chi connectivity index (χ3n) is 2.93. The van der Waals surface area contributed by atoms with Crippen LogP contribution in [0.1, 0.15) is 27.4 Å². The molecule has 2 aromatic rings. The van der Waals surface area contributed by atoms with Crippen molar-refractivity contribution < 1.29 is 9.21 Å². The lowest BCUT2D eigenvalue weighted by Crippen LogP contribution is -2.12. The van der Waals surface area contributed by atoms with E-state index < -0.39 is 0 Å². The molecule has 100 valence electrons. The summed E-state index contributed by atoms with van der Waals surface area (Å²) in [6.45, 7) is 4.23. The molecule has 0 radical (unpaired) electrons. The Hall–Kier alpha value is -2.07. The van der Waals surface area contributed by atoms with E-state index in [9.17, 15) is 4.79 Å². The van der Waals surface area contributed by atoms with E-state index in [0.29, 0.717) is 17.9 Å². The average molecular weight is 258 g/mol. The molecular formula is C15H18N2O2. The number of benzene rings is 1. The lowest BCUT2D eigenvalue weighted by atomic mass is 10.1. The molecule has 0 aliphatic heterocycles. The van der Waals surface area contributed by atoms with Crippen LogP contribution in [0.4, 0.5) is 5.69 Å². The summed E-state index contributed by atoms with van der Waals surface area (Å²) in [4.78, 5) is 12.1. The number of hydrogen-bond acceptors (Lipinski definition) is 3. The first-order valence-corrected chi connectivity index (χ1v) is 6.27. The summed E-state index contributed by atoms with van der Waals surface area (Å²) in [7, 11) is 0. The largest absolute Gasteiger partial charge is 0.466 e. The van der Waals surface area contributed by atoms with Crippen LogP contribution in [0.2, 0.25) is 0 Å². The van der Waals surface area contributed by atoms with Gasteiger partial charge in [-0.2, -0.15) is 0 Å². The fraction of sp³-hybridized carbons (Fsp3) is 0.267. The van der Waals surface area contributed by atoms with E-state index in [1.165, 1.54) is 0 Å². The second-order valence-electron chi connectivity index (χ2n) is 4.52. The molecule has 0 spiro atoms. The predicted molar refractivity (Wildman–Crippen MR) is 75.3 cm³/mol. The Morgan fingerprint density at radius 3 is 2.47 bits per heavy atom. The summed E-state index contributed by atoms with van der Waals surface area (Å²) < 4.78 is 5.35. The molecular weight excluding hydrogens is 240 g/mol. The molecule has 19 heavy (non-hydrogen) atoms. The minimum absolute atomic E-state index is 0.152. The Morgan fingerprint density at radius 2 is 1.95 bits per heavy atom. The Balaban J connectivity index is 2.08. The minimum Gasteiger partial charge on any atom is -0.466 e. The molecule has 0 aliphatic rings. The van der Waals surface area contributed by atoms with Crippen molar-refractivity contribution in [1.82, 2.24) is 0 Å². The van der Waals surface area contributed by atoms with Crippen LogP contribution >= 0.6 is 0 Å². The number of aryl methyl sites for hydroxylation is 2. The van der Waals surface area contributed by atoms with E-state index in [4.69, 9.17) is 10.2 Å². The summed E-state index contributed by atoms with van der Waals surface area (Å²) in [6.07, 6.45) is 0.842. The predicted octanol–water partition coefficient (Wildman–Crippen LogP) is 2.65. The van der Waals surface area contributed by atoms with E-state index in [2.05, 4.69) is 5.32 Å². The van der Waals surface area contributed by atoms with Crippen LogP contribution in [-0.2, 0) is 6.42 Å². The lowest BCUT2D eigenvalue weighted by molar-refractivity contribution is 0.102. The first kappa shape index (κ1) is 13.4. The molecule has 0 saturated heterocycles. The van der Waals surface area contributed by atoms with Crippen molar-refractivity contribution in [2.75, 3.05) is 11.9 Å². The van der Waals surface area contributed by atoms with Crippen molar-refractivity contribution in [2.24, 2.45) is 5.73 Å². The normalized spacial score (nSPS) is 10.5. The van der Waals surface area contributed by atoms with Gasteiger partial charge in [0.1, 0.15) is 11.5 Å². The van der Waals surface area contributed by atoms with E-state index >= 15 is 0 Å². The number of carbonyl (C=O) groups is 1. The Kier molecular flexibility index (Phi) is 4.02. The lowest BCUT2D eigenvalue weighted by Gasteiger charge is -2.05. The zero-order valence-corrected chi connectivity index (χ0v) is 11.2. The average Bonchev–Trinajstić information content (AvgIpc) is 2.71. The Morgan fingerprint density at radius 1 is 1.26 bits per heavy atom. The zero-order valence-electron chi connectivity index (χ0n) is 11.2. The summed E-state index contributed by atoms with van der Waals surface area (Å²) in [5.41, 5.74) is 8.00. The Bertz CT molecular complexity index is 570. The highest BCUT2D eigenvalue weighted by molar-refractivity contribution is 6.05. The molecule has 3 N–H and O–H groups in total. The van der Waals surface area contributed by atoms with E-state index in [0.717, 1.165) is 23.4 Å². The van der Waals surface area contributed by atoms with Gasteiger partial charge in [0.15, 0.2) is 0 Å². The summed E-state index contributed by atoms with van der Waals surface area (Å²) in [6, 6.07) is 9.44. The zero-order chi connectivity index (χ0) is 13.8. The quantitative estimate of drug-likeness (QED) is 0.885. The molecule has 1 aromatic carbocycles. The second-order valence-corrected chi connectivity index (χ2v) is 4.52. The molecule has 0 aliphatic carbocycles. The number of anilines is 1. The molecule has 4 heteroatoms. The molecule has 0 fully saturated rings. The van der Waals surface area contributed by atoms with Crippen LogP contribution in [0, 0.1) is 13.8 Å². The molecule has 1 amide bonds. The van der Waals surface area contributed by atoms with Crippen LogP contribution in [0.3, 0.4) is 0 Å². The summed E-state index contributed by atoms with van der Waals surface area (Å²) in [5.74, 6) is 1.22. The van der Waals surface area contributed by atoms with E-state index in [1.807, 2.05) is 31.2 Å². The van der Waals surface area contributed by atoms with E-state index in [-0.39, 0.29) is 5.91 Å². The third kappa shape index (κ3) is 3.23. The molecule has 2 rings (SSSR count). The minimum atomic E-state index is -0.152. The number of amides is 1. The molecule has 0 bridgehead atoms. The number of hydrogen-bond donors (Lipinski definition) is 2. The maximum atomic E-state index is 12.1. The number of rotatable bonds is 4. The van der Waals surface area contributed by atoms with Crippen LogP contribution in [-0.4, -0.2) is 12.5 Å². The van der Waals surface area contributed by atoms with Gasteiger partial charge in [0.2, 0.25) is 0 Å². The van der Waals surface area contributed by atoms with Crippen molar-refractivity contribution in [2.45, 2.75) is 20.3 Å². The smallest absolute Gasteiger partial charge is 0.259 e.